The number of carbonyl (C=O) groups excluding carboxylic acids is 4. The number of hydrogen-bond acceptors (Lipinski definition) is 9. The molecule has 7 rings (SSSR count). The summed E-state index contributed by atoms with van der Waals surface area (Å²) in [5.74, 6) is 0.844. The molecule has 2 aromatic carbocycles. The number of primary amides is 1. The summed E-state index contributed by atoms with van der Waals surface area (Å²) < 4.78 is 11.4. The summed E-state index contributed by atoms with van der Waals surface area (Å²) in [6.07, 6.45) is 7.17. The zero-order valence-electron chi connectivity index (χ0n) is 30.0. The normalized spacial score (nSPS) is 18.0. The summed E-state index contributed by atoms with van der Waals surface area (Å²) in [6.45, 7) is 2.80. The van der Waals surface area contributed by atoms with Crippen molar-refractivity contribution in [2.75, 3.05) is 20.2 Å². The largest absolute Gasteiger partial charge is 0.453 e. The average molecular weight is 735 g/mol. The van der Waals surface area contributed by atoms with E-state index in [1.165, 1.54) is 11.8 Å². The van der Waals surface area contributed by atoms with Crippen molar-refractivity contribution in [2.45, 2.75) is 63.4 Å². The first-order valence-electron chi connectivity index (χ1n) is 17.9. The van der Waals surface area contributed by atoms with Crippen LogP contribution in [0.1, 0.15) is 56.3 Å². The molecular weight excluding hydrogens is 692 g/mol. The maximum atomic E-state index is 13.6. The molecule has 2 saturated heterocycles. The Kier molecular flexibility index (Phi) is 10.4. The van der Waals surface area contributed by atoms with Gasteiger partial charge in [-0.3, -0.25) is 14.3 Å². The lowest BCUT2D eigenvalue weighted by atomic mass is 10.0. The number of nitrogens with zero attached hydrogens (tertiary/aromatic N) is 6. The zero-order valence-corrected chi connectivity index (χ0v) is 30.0. The fourth-order valence-corrected chi connectivity index (χ4v) is 7.23. The van der Waals surface area contributed by atoms with Crippen LogP contribution in [0, 0.1) is 0 Å². The minimum absolute atomic E-state index is 0.0581. The lowest BCUT2D eigenvalue weighted by Crippen LogP contribution is -2.46. The minimum atomic E-state index is -1.11. The number of methoxy groups -OCH3 is 1. The van der Waals surface area contributed by atoms with Crippen LogP contribution < -0.4 is 11.1 Å². The quantitative estimate of drug-likeness (QED) is 0.150. The molecule has 2 aliphatic heterocycles. The molecule has 0 aliphatic carbocycles. The lowest BCUT2D eigenvalue weighted by Gasteiger charge is -2.27. The molecule has 5 heterocycles. The summed E-state index contributed by atoms with van der Waals surface area (Å²) >= 11 is 0. The van der Waals surface area contributed by atoms with Gasteiger partial charge in [-0.1, -0.05) is 48.5 Å². The Labute approximate surface area is 311 Å². The molecule has 4 atom stereocenters. The lowest BCUT2D eigenvalue weighted by molar-refractivity contribution is -0.142. The van der Waals surface area contributed by atoms with Crippen LogP contribution >= 0.6 is 0 Å². The van der Waals surface area contributed by atoms with E-state index in [2.05, 4.69) is 47.2 Å². The molecule has 5 N–H and O–H groups in total. The highest BCUT2D eigenvalue weighted by Crippen LogP contribution is 2.34. The third-order valence-electron chi connectivity index (χ3n) is 9.96. The van der Waals surface area contributed by atoms with Crippen molar-refractivity contribution in [3.8, 4) is 33.6 Å². The predicted molar refractivity (Wildman–Crippen MR) is 196 cm³/mol. The second-order valence-electron chi connectivity index (χ2n) is 13.4. The van der Waals surface area contributed by atoms with Gasteiger partial charge in [0.2, 0.25) is 12.0 Å². The second kappa shape index (κ2) is 15.7. The van der Waals surface area contributed by atoms with Crippen LogP contribution in [0.3, 0.4) is 0 Å². The van der Waals surface area contributed by atoms with Gasteiger partial charge in [0.15, 0.2) is 0 Å². The molecule has 2 aliphatic rings. The van der Waals surface area contributed by atoms with Gasteiger partial charge in [0.05, 0.1) is 49.5 Å². The molecule has 0 radical (unpaired) electrons. The number of likely N-dealkylation sites (tertiary alicyclic amines) is 2. The second-order valence-corrected chi connectivity index (χ2v) is 13.4. The fraction of sp³-hybridized carbons (Fsp3) is 0.342. The smallest absolute Gasteiger partial charge is 0.407 e. The van der Waals surface area contributed by atoms with Crippen molar-refractivity contribution in [3.63, 3.8) is 0 Å². The summed E-state index contributed by atoms with van der Waals surface area (Å²) in [4.78, 5) is 69.4. The Morgan fingerprint density at radius 3 is 1.83 bits per heavy atom. The summed E-state index contributed by atoms with van der Waals surface area (Å²) in [6, 6.07) is 16.8. The Morgan fingerprint density at radius 2 is 1.35 bits per heavy atom. The highest BCUT2D eigenvalue weighted by molar-refractivity contribution is 5.86. The number of carbonyl (C=O) groups is 4. The third-order valence-corrected chi connectivity index (χ3v) is 9.96. The van der Waals surface area contributed by atoms with Crippen molar-refractivity contribution in [2.24, 2.45) is 5.73 Å². The Morgan fingerprint density at radius 1 is 0.833 bits per heavy atom. The van der Waals surface area contributed by atoms with E-state index in [0.29, 0.717) is 31.2 Å². The Bertz CT molecular complexity index is 2090. The van der Waals surface area contributed by atoms with E-state index in [1.54, 1.807) is 47.6 Å². The molecule has 0 unspecified atom stereocenters. The number of aromatic amines is 2. The van der Waals surface area contributed by atoms with Gasteiger partial charge in [0, 0.05) is 25.5 Å². The Balaban J connectivity index is 0.994. The van der Waals surface area contributed by atoms with Gasteiger partial charge in [0.25, 0.3) is 5.91 Å². The van der Waals surface area contributed by atoms with Crippen molar-refractivity contribution in [1.82, 2.24) is 44.8 Å². The molecule has 54 heavy (non-hydrogen) atoms. The molecule has 16 heteroatoms. The number of benzene rings is 2. The molecular formula is C38H42N10O6. The van der Waals surface area contributed by atoms with E-state index in [4.69, 9.17) is 10.5 Å². The number of nitrogens with one attached hydrogen (secondary N) is 3. The topological polar surface area (TPSA) is 206 Å². The van der Waals surface area contributed by atoms with E-state index >= 15 is 0 Å². The van der Waals surface area contributed by atoms with Crippen LogP contribution in [0.4, 0.5) is 9.59 Å². The van der Waals surface area contributed by atoms with Crippen LogP contribution in [-0.4, -0.2) is 95.9 Å². The number of alkyl carbamates (subject to hydrolysis) is 1. The van der Waals surface area contributed by atoms with Crippen LogP contribution in [0.25, 0.3) is 33.6 Å². The van der Waals surface area contributed by atoms with Gasteiger partial charge in [-0.25, -0.2) is 19.6 Å². The summed E-state index contributed by atoms with van der Waals surface area (Å²) in [5, 5.41) is 6.68. The fourth-order valence-electron chi connectivity index (χ4n) is 7.23. The molecule has 16 nitrogen and oxygen atoms in total. The van der Waals surface area contributed by atoms with E-state index in [0.717, 1.165) is 52.9 Å². The summed E-state index contributed by atoms with van der Waals surface area (Å²) in [5.41, 5.74) is 10.9. The molecule has 0 bridgehead atoms. The van der Waals surface area contributed by atoms with Crippen molar-refractivity contribution < 1.29 is 28.7 Å². The molecule has 3 aromatic heterocycles. The molecule has 0 spiro atoms. The van der Waals surface area contributed by atoms with E-state index in [9.17, 15) is 19.2 Å². The maximum Gasteiger partial charge on any atom is 0.407 e. The molecule has 2 fully saturated rings. The highest BCUT2D eigenvalue weighted by Gasteiger charge is 2.38. The van der Waals surface area contributed by atoms with Gasteiger partial charge < -0.3 is 40.3 Å². The van der Waals surface area contributed by atoms with E-state index in [1.807, 2.05) is 36.4 Å². The van der Waals surface area contributed by atoms with E-state index < -0.39 is 24.3 Å². The average Bonchev–Trinajstić information content (AvgIpc) is 4.03. The number of ether oxygens (including phenoxy) is 2. The zero-order chi connectivity index (χ0) is 37.8. The number of amides is 4. The molecule has 5 aromatic rings. The standard InChI is InChI=1S/C38H42N10O6/c1-23(43-38(52)53-2)35(49)47-18-3-6-30(47)33-40-20-28(44-33)26-12-8-24(9-13-26)25-10-14-27(15-11-25)29-21-41-34(45-29)31-7-4-19-48(31)36(50)32(54-37(39)51)22-46-17-5-16-42-46/h5,8-17,20-21,23,30-32H,3-4,6-7,18-19,22H2,1-2H3,(H2,39,51)(H,40,44)(H,41,45)(H,43,52)/t23-,30-,31-,32-/m0/s1. The van der Waals surface area contributed by atoms with E-state index in [-0.39, 0.29) is 30.4 Å². The van der Waals surface area contributed by atoms with Crippen LogP contribution in [0.15, 0.2) is 79.4 Å². The number of H-pyrrole nitrogens is 2. The molecule has 280 valence electrons. The first-order chi connectivity index (χ1) is 26.2. The van der Waals surface area contributed by atoms with Crippen LogP contribution in [-0.2, 0) is 25.6 Å². The number of aromatic nitrogens is 6. The predicted octanol–water partition coefficient (Wildman–Crippen LogP) is 4.57. The monoisotopic (exact) mass is 734 g/mol. The minimum Gasteiger partial charge on any atom is -0.453 e. The highest BCUT2D eigenvalue weighted by atomic mass is 16.6. The number of hydrogen-bond donors (Lipinski definition) is 4. The van der Waals surface area contributed by atoms with Gasteiger partial charge >= 0.3 is 12.2 Å². The Hall–Kier alpha value is -6.45. The van der Waals surface area contributed by atoms with Crippen molar-refractivity contribution in [1.29, 1.82) is 0 Å². The van der Waals surface area contributed by atoms with Gasteiger partial charge in [-0.05, 0) is 60.9 Å². The third kappa shape index (κ3) is 7.67. The van der Waals surface area contributed by atoms with Crippen molar-refractivity contribution >= 4 is 24.0 Å². The molecule has 4 amide bonds. The van der Waals surface area contributed by atoms with Crippen LogP contribution in [0.2, 0.25) is 0 Å². The number of imidazole rings is 2. The van der Waals surface area contributed by atoms with Gasteiger partial charge in [0.1, 0.15) is 17.7 Å². The van der Waals surface area contributed by atoms with Gasteiger partial charge in [-0.2, -0.15) is 5.10 Å². The van der Waals surface area contributed by atoms with Crippen LogP contribution in [0.5, 0.6) is 0 Å². The molecule has 0 saturated carbocycles. The van der Waals surface area contributed by atoms with Crippen molar-refractivity contribution in [3.05, 3.63) is 91.0 Å². The SMILES string of the molecule is COC(=O)N[C@@H](C)C(=O)N1CCC[C@H]1c1ncc(-c2ccc(-c3ccc(-c4cnc([C@@H]5CCCN5C(=O)[C@H](Cn5cccn5)OC(N)=O)[nH]4)cc3)cc2)[nH]1. The first kappa shape index (κ1) is 35.9. The number of nitrogens with two attached hydrogens (primary N) is 1. The number of rotatable bonds is 11. The van der Waals surface area contributed by atoms with Gasteiger partial charge in [-0.15, -0.1) is 0 Å². The first-order valence-corrected chi connectivity index (χ1v) is 17.9. The maximum absolute atomic E-state index is 13.6. The summed E-state index contributed by atoms with van der Waals surface area (Å²) in [7, 11) is 1.27.